The smallest absolute Gasteiger partial charge is 0.0900 e. The monoisotopic (exact) mass is 242 g/mol. The van der Waals surface area contributed by atoms with Crippen LogP contribution < -0.4 is 5.32 Å². The van der Waals surface area contributed by atoms with Gasteiger partial charge in [0.25, 0.3) is 0 Å². The molecule has 0 aromatic rings. The van der Waals surface area contributed by atoms with E-state index in [1.165, 1.54) is 0 Å². The van der Waals surface area contributed by atoms with Crippen molar-refractivity contribution < 1.29 is 4.74 Å². The van der Waals surface area contributed by atoms with Crippen molar-refractivity contribution in [2.24, 2.45) is 5.92 Å². The molecule has 1 fully saturated rings. The van der Waals surface area contributed by atoms with Crippen LogP contribution in [-0.4, -0.2) is 48.8 Å². The summed E-state index contributed by atoms with van der Waals surface area (Å²) in [5, 5.41) is 3.56. The molecular formula is C14H30N2O. The van der Waals surface area contributed by atoms with Crippen LogP contribution in [-0.2, 0) is 4.74 Å². The van der Waals surface area contributed by atoms with Gasteiger partial charge in [-0.05, 0) is 33.6 Å². The molecule has 3 heteroatoms. The van der Waals surface area contributed by atoms with Crippen LogP contribution in [0.1, 0.15) is 41.5 Å². The van der Waals surface area contributed by atoms with E-state index in [1.54, 1.807) is 0 Å². The van der Waals surface area contributed by atoms with Gasteiger partial charge in [0.1, 0.15) is 0 Å². The highest BCUT2D eigenvalue weighted by Crippen LogP contribution is 2.27. The van der Waals surface area contributed by atoms with E-state index in [-0.39, 0.29) is 11.1 Å². The predicted octanol–water partition coefficient (Wildman–Crippen LogP) is 2.12. The highest BCUT2D eigenvalue weighted by atomic mass is 16.5. The van der Waals surface area contributed by atoms with Gasteiger partial charge >= 0.3 is 0 Å². The standard InChI is InChI=1S/C14H30N2O/c1-11(2)12-8-15-9-14(6,17-7)10-16(12)13(3,4)5/h11-12,15H,8-10H2,1-7H3. The molecule has 1 aliphatic heterocycles. The normalized spacial score (nSPS) is 32.8. The lowest BCUT2D eigenvalue weighted by atomic mass is 9.94. The van der Waals surface area contributed by atoms with Crippen LogP contribution >= 0.6 is 0 Å². The summed E-state index contributed by atoms with van der Waals surface area (Å²) in [7, 11) is 1.82. The van der Waals surface area contributed by atoms with Crippen molar-refractivity contribution in [3.63, 3.8) is 0 Å². The number of hydrogen-bond donors (Lipinski definition) is 1. The lowest BCUT2D eigenvalue weighted by molar-refractivity contribution is -0.0449. The van der Waals surface area contributed by atoms with Crippen molar-refractivity contribution in [1.29, 1.82) is 0 Å². The zero-order valence-corrected chi connectivity index (χ0v) is 12.6. The quantitative estimate of drug-likeness (QED) is 0.803. The van der Waals surface area contributed by atoms with Crippen LogP contribution in [0.2, 0.25) is 0 Å². The average Bonchev–Trinajstić information content (AvgIpc) is 2.37. The average molecular weight is 242 g/mol. The Hall–Kier alpha value is -0.120. The number of nitrogens with one attached hydrogen (secondary N) is 1. The number of ether oxygens (including phenoxy) is 1. The Bertz CT molecular complexity index is 247. The molecule has 3 nitrogen and oxygen atoms in total. The Labute approximate surface area is 107 Å². The molecule has 2 atom stereocenters. The molecule has 1 N–H and O–H groups in total. The molecule has 102 valence electrons. The third-order valence-electron chi connectivity index (χ3n) is 3.88. The van der Waals surface area contributed by atoms with Gasteiger partial charge in [0.05, 0.1) is 5.60 Å². The summed E-state index contributed by atoms with van der Waals surface area (Å²) in [5.41, 5.74) is 0.0949. The molecule has 0 aliphatic carbocycles. The van der Waals surface area contributed by atoms with Gasteiger partial charge in [-0.1, -0.05) is 13.8 Å². The summed E-state index contributed by atoms with van der Waals surface area (Å²) < 4.78 is 5.71. The van der Waals surface area contributed by atoms with E-state index in [1.807, 2.05) is 7.11 Å². The molecule has 0 aromatic heterocycles. The van der Waals surface area contributed by atoms with Gasteiger partial charge in [0.15, 0.2) is 0 Å². The van der Waals surface area contributed by atoms with Crippen LogP contribution in [0.15, 0.2) is 0 Å². The summed E-state index contributed by atoms with van der Waals surface area (Å²) in [6.45, 7) is 16.7. The van der Waals surface area contributed by atoms with Crippen LogP contribution in [0.5, 0.6) is 0 Å². The second-order valence-corrected chi connectivity index (χ2v) is 6.90. The fraction of sp³-hybridized carbons (Fsp3) is 1.00. The molecule has 1 aliphatic rings. The molecule has 1 rings (SSSR count). The second-order valence-electron chi connectivity index (χ2n) is 6.90. The van der Waals surface area contributed by atoms with Gasteiger partial charge in [0.2, 0.25) is 0 Å². The van der Waals surface area contributed by atoms with Crippen LogP contribution in [0.25, 0.3) is 0 Å². The third-order valence-corrected chi connectivity index (χ3v) is 3.88. The highest BCUT2D eigenvalue weighted by molar-refractivity contribution is 4.95. The minimum absolute atomic E-state index is 0.0864. The van der Waals surface area contributed by atoms with Crippen molar-refractivity contribution in [3.05, 3.63) is 0 Å². The maximum atomic E-state index is 5.71. The predicted molar refractivity (Wildman–Crippen MR) is 73.4 cm³/mol. The van der Waals surface area contributed by atoms with E-state index < -0.39 is 0 Å². The molecule has 0 aromatic carbocycles. The molecule has 0 spiro atoms. The van der Waals surface area contributed by atoms with Gasteiger partial charge < -0.3 is 10.1 Å². The maximum Gasteiger partial charge on any atom is 0.0900 e. The summed E-state index contributed by atoms with van der Waals surface area (Å²) in [5.74, 6) is 0.654. The van der Waals surface area contributed by atoms with Crippen molar-refractivity contribution in [3.8, 4) is 0 Å². The van der Waals surface area contributed by atoms with E-state index in [2.05, 4.69) is 51.8 Å². The minimum atomic E-state index is -0.0864. The van der Waals surface area contributed by atoms with E-state index in [0.29, 0.717) is 12.0 Å². The van der Waals surface area contributed by atoms with Gasteiger partial charge in [-0.15, -0.1) is 0 Å². The molecule has 1 heterocycles. The SMILES string of the molecule is COC1(C)CNCC(C(C)C)N(C(C)(C)C)C1. The summed E-state index contributed by atoms with van der Waals surface area (Å²) >= 11 is 0. The van der Waals surface area contributed by atoms with Crippen molar-refractivity contribution in [1.82, 2.24) is 10.2 Å². The first-order chi connectivity index (χ1) is 7.69. The fourth-order valence-corrected chi connectivity index (χ4v) is 2.60. The molecule has 0 saturated carbocycles. The van der Waals surface area contributed by atoms with Crippen LogP contribution in [0.4, 0.5) is 0 Å². The zero-order valence-electron chi connectivity index (χ0n) is 12.6. The Morgan fingerprint density at radius 2 is 1.94 bits per heavy atom. The Kier molecular flexibility index (Phi) is 4.61. The summed E-state index contributed by atoms with van der Waals surface area (Å²) in [6.07, 6.45) is 0. The second kappa shape index (κ2) is 5.25. The molecule has 0 radical (unpaired) electrons. The van der Waals surface area contributed by atoms with E-state index >= 15 is 0 Å². The number of rotatable bonds is 2. The molecule has 17 heavy (non-hydrogen) atoms. The molecule has 1 saturated heterocycles. The highest BCUT2D eigenvalue weighted by Gasteiger charge is 2.39. The third kappa shape index (κ3) is 3.67. The fourth-order valence-electron chi connectivity index (χ4n) is 2.60. The minimum Gasteiger partial charge on any atom is -0.376 e. The molecule has 2 unspecified atom stereocenters. The first kappa shape index (κ1) is 14.9. The summed E-state index contributed by atoms with van der Waals surface area (Å²) in [6, 6.07) is 0.576. The number of hydrogen-bond acceptors (Lipinski definition) is 3. The van der Waals surface area contributed by atoms with Gasteiger partial charge in [-0.3, -0.25) is 4.90 Å². The zero-order chi connectivity index (χ0) is 13.3. The van der Waals surface area contributed by atoms with E-state index in [9.17, 15) is 0 Å². The first-order valence-corrected chi connectivity index (χ1v) is 6.72. The largest absolute Gasteiger partial charge is 0.376 e. The molecule has 0 bridgehead atoms. The Morgan fingerprint density at radius 3 is 2.35 bits per heavy atom. The Morgan fingerprint density at radius 1 is 1.35 bits per heavy atom. The number of methoxy groups -OCH3 is 1. The maximum absolute atomic E-state index is 5.71. The van der Waals surface area contributed by atoms with Crippen LogP contribution in [0.3, 0.4) is 0 Å². The van der Waals surface area contributed by atoms with Crippen LogP contribution in [0, 0.1) is 5.92 Å². The first-order valence-electron chi connectivity index (χ1n) is 6.72. The summed E-state index contributed by atoms with van der Waals surface area (Å²) in [4.78, 5) is 2.60. The Balaban J connectivity index is 2.96. The van der Waals surface area contributed by atoms with Gasteiger partial charge in [0, 0.05) is 38.3 Å². The molecular weight excluding hydrogens is 212 g/mol. The van der Waals surface area contributed by atoms with Crippen molar-refractivity contribution >= 4 is 0 Å². The van der Waals surface area contributed by atoms with E-state index in [4.69, 9.17) is 4.74 Å². The topological polar surface area (TPSA) is 24.5 Å². The van der Waals surface area contributed by atoms with Crippen molar-refractivity contribution in [2.75, 3.05) is 26.7 Å². The number of nitrogens with zero attached hydrogens (tertiary/aromatic N) is 1. The van der Waals surface area contributed by atoms with Gasteiger partial charge in [-0.2, -0.15) is 0 Å². The van der Waals surface area contributed by atoms with Gasteiger partial charge in [-0.25, -0.2) is 0 Å². The lowest BCUT2D eigenvalue weighted by Crippen LogP contribution is -2.56. The lowest BCUT2D eigenvalue weighted by Gasteiger charge is -2.45. The van der Waals surface area contributed by atoms with Crippen molar-refractivity contribution in [2.45, 2.75) is 58.7 Å². The van der Waals surface area contributed by atoms with E-state index in [0.717, 1.165) is 19.6 Å². The molecule has 0 amide bonds.